The summed E-state index contributed by atoms with van der Waals surface area (Å²) in [6.45, 7) is 23.1. The van der Waals surface area contributed by atoms with E-state index in [4.69, 9.17) is 0 Å². The van der Waals surface area contributed by atoms with E-state index in [1.54, 1.807) is 0 Å². The van der Waals surface area contributed by atoms with Gasteiger partial charge in [0.05, 0.1) is 27.3 Å². The number of nitrogens with zero attached hydrogens (tertiary/aromatic N) is 2. The van der Waals surface area contributed by atoms with Crippen LogP contribution in [0.5, 0.6) is 0 Å². The minimum Gasteiger partial charge on any atom is -0.307 e. The summed E-state index contributed by atoms with van der Waals surface area (Å²) in [6.07, 6.45) is 2.27. The molecule has 7 aromatic rings. The molecule has 0 bridgehead atoms. The van der Waals surface area contributed by atoms with Crippen molar-refractivity contribution in [1.82, 2.24) is 4.40 Å². The number of pyridine rings is 2. The Morgan fingerprint density at radius 3 is 1.93 bits per heavy atom. The molecule has 0 saturated carbocycles. The molecular weight excluding hydrogens is 520 g/mol. The summed E-state index contributed by atoms with van der Waals surface area (Å²) in [4.78, 5) is 0. The molecule has 0 unspecified atom stereocenters. The second-order valence-corrected chi connectivity index (χ2v) is 14.2. The van der Waals surface area contributed by atoms with E-state index >= 15 is 0 Å². The van der Waals surface area contributed by atoms with Crippen molar-refractivity contribution < 1.29 is 4.57 Å². The zero-order valence-electron chi connectivity index (χ0n) is 27.8. The Hall–Kier alpha value is -3.91. The topological polar surface area (TPSA) is 8.29 Å². The lowest BCUT2D eigenvalue weighted by Gasteiger charge is -2.24. The molecule has 3 heterocycles. The molecule has 2 heteroatoms. The van der Waals surface area contributed by atoms with E-state index in [1.807, 2.05) is 0 Å². The standard InChI is InChI=1S/C41H45N2/c1-21(2)29-18-31(22(3)4)38(32(19-29)23(5)6)30-17-28-12-13-42(11)41-37-27(10)25(8)16-33-36-26(9)14-24(7)15-34(36)43(40(33)37)35(20-30)39(28)41/h12-23H,1-11H3/q+1. The van der Waals surface area contributed by atoms with E-state index in [0.717, 1.165) is 0 Å². The monoisotopic (exact) mass is 565 g/mol. The molecule has 7 rings (SSSR count). The van der Waals surface area contributed by atoms with E-state index in [0.29, 0.717) is 17.8 Å². The van der Waals surface area contributed by atoms with E-state index in [9.17, 15) is 0 Å². The van der Waals surface area contributed by atoms with Crippen LogP contribution < -0.4 is 4.57 Å². The van der Waals surface area contributed by atoms with Crippen LogP contribution in [0.2, 0.25) is 0 Å². The zero-order valence-corrected chi connectivity index (χ0v) is 27.8. The predicted molar refractivity (Wildman–Crippen MR) is 186 cm³/mol. The Kier molecular flexibility index (Phi) is 6.19. The number of benzene rings is 4. The fourth-order valence-corrected chi connectivity index (χ4v) is 7.85. The first-order valence-corrected chi connectivity index (χ1v) is 16.1. The minimum absolute atomic E-state index is 0.429. The minimum atomic E-state index is 0.429. The molecule has 0 aliphatic carbocycles. The number of fused-ring (bicyclic) bond motifs is 5. The molecule has 0 saturated heterocycles. The normalized spacial score (nSPS) is 12.7. The first kappa shape index (κ1) is 27.9. The van der Waals surface area contributed by atoms with Gasteiger partial charge in [0.15, 0.2) is 6.20 Å². The summed E-state index contributed by atoms with van der Waals surface area (Å²) in [5.41, 5.74) is 17.8. The van der Waals surface area contributed by atoms with Gasteiger partial charge in [-0.25, -0.2) is 4.57 Å². The van der Waals surface area contributed by atoms with Gasteiger partial charge in [-0.2, -0.15) is 0 Å². The Labute approximate surface area is 256 Å². The van der Waals surface area contributed by atoms with Gasteiger partial charge in [0.25, 0.3) is 0 Å². The molecule has 0 spiro atoms. The number of rotatable bonds is 4. The number of aromatic nitrogens is 2. The van der Waals surface area contributed by atoms with Crippen molar-refractivity contribution in [3.63, 3.8) is 0 Å². The third kappa shape index (κ3) is 3.88. The molecule has 0 fully saturated rings. The SMILES string of the molecule is Cc1cc(C)c2c3cc(C)c(C)c4c3n(c2c1)c1cc(-c2c(C(C)C)cc(C(C)C)cc2C(C)C)cc2cc[n+](C)c4c21. The molecule has 2 nitrogen and oxygen atoms in total. The summed E-state index contributed by atoms with van der Waals surface area (Å²) in [7, 11) is 2.21. The van der Waals surface area contributed by atoms with Crippen molar-refractivity contribution in [3.05, 3.63) is 93.7 Å². The maximum Gasteiger partial charge on any atom is 0.224 e. The third-order valence-electron chi connectivity index (χ3n) is 10.1. The molecule has 0 aliphatic heterocycles. The van der Waals surface area contributed by atoms with Gasteiger partial charge in [0, 0.05) is 16.8 Å². The highest BCUT2D eigenvalue weighted by molar-refractivity contribution is 6.27. The van der Waals surface area contributed by atoms with E-state index < -0.39 is 0 Å². The molecule has 0 atom stereocenters. The number of hydrogen-bond donors (Lipinski definition) is 0. The maximum absolute atomic E-state index is 2.61. The quantitative estimate of drug-likeness (QED) is 0.114. The molecule has 0 N–H and O–H groups in total. The van der Waals surface area contributed by atoms with Crippen LogP contribution in [0.4, 0.5) is 0 Å². The lowest BCUT2D eigenvalue weighted by molar-refractivity contribution is -0.643. The lowest BCUT2D eigenvalue weighted by atomic mass is 9.81. The second kappa shape index (κ2) is 9.55. The lowest BCUT2D eigenvalue weighted by Crippen LogP contribution is -2.29. The van der Waals surface area contributed by atoms with Gasteiger partial charge in [-0.15, -0.1) is 0 Å². The number of hydrogen-bond acceptors (Lipinski definition) is 0. The summed E-state index contributed by atoms with van der Waals surface area (Å²) >= 11 is 0. The Bertz CT molecular complexity index is 2230. The van der Waals surface area contributed by atoms with Crippen LogP contribution in [-0.4, -0.2) is 4.40 Å². The van der Waals surface area contributed by atoms with Crippen LogP contribution in [0.3, 0.4) is 0 Å². The van der Waals surface area contributed by atoms with Gasteiger partial charge < -0.3 is 4.40 Å². The highest BCUT2D eigenvalue weighted by atomic mass is 15.0. The van der Waals surface area contributed by atoms with Crippen molar-refractivity contribution in [2.24, 2.45) is 7.05 Å². The van der Waals surface area contributed by atoms with Crippen molar-refractivity contribution in [1.29, 1.82) is 0 Å². The average molecular weight is 566 g/mol. The zero-order chi connectivity index (χ0) is 30.6. The van der Waals surface area contributed by atoms with Gasteiger partial charge in [-0.3, -0.25) is 0 Å². The summed E-state index contributed by atoms with van der Waals surface area (Å²) in [5.74, 6) is 1.36. The largest absolute Gasteiger partial charge is 0.307 e. The van der Waals surface area contributed by atoms with Gasteiger partial charge >= 0.3 is 0 Å². The molecule has 0 amide bonds. The van der Waals surface area contributed by atoms with E-state index in [2.05, 4.69) is 140 Å². The summed E-state index contributed by atoms with van der Waals surface area (Å²) in [5, 5.41) is 6.79. The smallest absolute Gasteiger partial charge is 0.224 e. The van der Waals surface area contributed by atoms with Gasteiger partial charge in [0.2, 0.25) is 5.52 Å². The maximum atomic E-state index is 2.61. The highest BCUT2D eigenvalue weighted by Gasteiger charge is 2.27. The van der Waals surface area contributed by atoms with Gasteiger partial charge in [-0.1, -0.05) is 59.7 Å². The molecule has 43 heavy (non-hydrogen) atoms. The highest BCUT2D eigenvalue weighted by Crippen LogP contribution is 2.46. The van der Waals surface area contributed by atoms with Crippen molar-refractivity contribution >= 4 is 49.0 Å². The fourth-order valence-electron chi connectivity index (χ4n) is 7.85. The van der Waals surface area contributed by atoms with E-state index in [1.165, 1.54) is 99.1 Å². The van der Waals surface area contributed by atoms with Gasteiger partial charge in [-0.05, 0) is 125 Å². The molecule has 0 aliphatic rings. The van der Waals surface area contributed by atoms with Crippen LogP contribution in [0.1, 0.15) is 98.2 Å². The third-order valence-corrected chi connectivity index (χ3v) is 10.1. The molecule has 218 valence electrons. The van der Waals surface area contributed by atoms with Gasteiger partial charge in [0.1, 0.15) is 7.05 Å². The first-order valence-electron chi connectivity index (χ1n) is 16.1. The fraction of sp³-hybridized carbons (Fsp3) is 0.341. The van der Waals surface area contributed by atoms with Crippen LogP contribution in [0.25, 0.3) is 60.1 Å². The molecule has 3 aromatic heterocycles. The van der Waals surface area contributed by atoms with E-state index in [-0.39, 0.29) is 0 Å². The average Bonchev–Trinajstić information content (AvgIpc) is 3.27. The first-order chi connectivity index (χ1) is 20.4. The molecule has 0 radical (unpaired) electrons. The van der Waals surface area contributed by atoms with Crippen LogP contribution >= 0.6 is 0 Å². The van der Waals surface area contributed by atoms with Crippen LogP contribution in [0, 0.1) is 27.7 Å². The Morgan fingerprint density at radius 1 is 0.651 bits per heavy atom. The molecular formula is C41H45N2+. The summed E-state index contributed by atoms with van der Waals surface area (Å²) < 4.78 is 4.96. The van der Waals surface area contributed by atoms with Crippen molar-refractivity contribution in [2.45, 2.75) is 87.0 Å². The number of aryl methyl sites for hydroxylation is 5. The van der Waals surface area contributed by atoms with Crippen molar-refractivity contribution in [2.75, 3.05) is 0 Å². The predicted octanol–water partition coefficient (Wildman–Crippen LogP) is 11.1. The second-order valence-electron chi connectivity index (χ2n) is 14.2. The Balaban J connectivity index is 1.77. The van der Waals surface area contributed by atoms with Crippen molar-refractivity contribution in [3.8, 4) is 11.1 Å². The van der Waals surface area contributed by atoms with Crippen LogP contribution in [0.15, 0.2) is 54.7 Å². The molecule has 4 aromatic carbocycles. The van der Waals surface area contributed by atoms with Crippen LogP contribution in [-0.2, 0) is 7.05 Å². The Morgan fingerprint density at radius 2 is 1.30 bits per heavy atom. The summed E-state index contributed by atoms with van der Waals surface area (Å²) in [6, 6.07) is 19.5.